The Labute approximate surface area is 149 Å². The van der Waals surface area contributed by atoms with Gasteiger partial charge in [0.2, 0.25) is 0 Å². The number of hydrogen-bond donors (Lipinski definition) is 2. The van der Waals surface area contributed by atoms with E-state index >= 15 is 0 Å². The van der Waals surface area contributed by atoms with Crippen molar-refractivity contribution in [3.05, 3.63) is 78.2 Å². The zero-order chi connectivity index (χ0) is 17.5. The first-order valence-electron chi connectivity index (χ1n) is 8.30. The highest BCUT2D eigenvalue weighted by Gasteiger charge is 2.23. The summed E-state index contributed by atoms with van der Waals surface area (Å²) in [6, 6.07) is 15.5. The molecule has 1 aliphatic rings. The van der Waals surface area contributed by atoms with Gasteiger partial charge in [0.05, 0.1) is 5.69 Å². The Bertz CT molecular complexity index is 1120. The molecule has 0 amide bonds. The fourth-order valence-electron chi connectivity index (χ4n) is 3.19. The molecular weight excluding hydrogens is 326 g/mol. The van der Waals surface area contributed by atoms with Crippen LogP contribution in [0.3, 0.4) is 0 Å². The third-order valence-corrected chi connectivity index (χ3v) is 4.47. The Morgan fingerprint density at radius 3 is 2.62 bits per heavy atom. The molecule has 126 valence electrons. The van der Waals surface area contributed by atoms with Gasteiger partial charge in [0.1, 0.15) is 5.82 Å². The molecule has 4 heterocycles. The molecule has 3 aromatic heterocycles. The minimum atomic E-state index is -0.816. The van der Waals surface area contributed by atoms with Crippen molar-refractivity contribution in [1.82, 2.24) is 19.6 Å². The number of pyridine rings is 1. The zero-order valence-corrected chi connectivity index (χ0v) is 13.7. The van der Waals surface area contributed by atoms with Gasteiger partial charge in [-0.05, 0) is 23.8 Å². The van der Waals surface area contributed by atoms with Crippen LogP contribution in [0.25, 0.3) is 28.6 Å². The molecule has 6 heteroatoms. The van der Waals surface area contributed by atoms with Crippen LogP contribution in [0.1, 0.15) is 11.1 Å². The molecule has 6 nitrogen and oxygen atoms in total. The zero-order valence-electron chi connectivity index (χ0n) is 13.7. The van der Waals surface area contributed by atoms with Crippen LogP contribution in [0, 0.1) is 0 Å². The summed E-state index contributed by atoms with van der Waals surface area (Å²) in [4.78, 5) is 8.55. The first-order valence-corrected chi connectivity index (χ1v) is 8.30. The maximum atomic E-state index is 10.6. The lowest BCUT2D eigenvalue weighted by atomic mass is 9.99. The van der Waals surface area contributed by atoms with E-state index in [0.717, 1.165) is 33.8 Å². The summed E-state index contributed by atoms with van der Waals surface area (Å²) in [6.07, 6.45) is 6.40. The maximum Gasteiger partial charge on any atom is 0.157 e. The van der Waals surface area contributed by atoms with Gasteiger partial charge in [-0.1, -0.05) is 30.3 Å². The van der Waals surface area contributed by atoms with Gasteiger partial charge in [-0.25, -0.2) is 4.98 Å². The number of nitrogens with one attached hydrogen (secondary N) is 1. The lowest BCUT2D eigenvalue weighted by molar-refractivity contribution is 0.260. The molecule has 5 rings (SSSR count). The van der Waals surface area contributed by atoms with Crippen molar-refractivity contribution in [2.75, 3.05) is 5.32 Å². The monoisotopic (exact) mass is 341 g/mol. The summed E-state index contributed by atoms with van der Waals surface area (Å²) in [6.45, 7) is 0. The maximum absolute atomic E-state index is 10.6. The summed E-state index contributed by atoms with van der Waals surface area (Å²) in [5.74, 6) is 0.725. The second-order valence-corrected chi connectivity index (χ2v) is 6.11. The highest BCUT2D eigenvalue weighted by molar-refractivity contribution is 5.91. The minimum absolute atomic E-state index is 0.715. The largest absolute Gasteiger partial charge is 0.369 e. The van der Waals surface area contributed by atoms with Gasteiger partial charge in [0.15, 0.2) is 11.9 Å². The van der Waals surface area contributed by atoms with Crippen LogP contribution in [-0.2, 0) is 0 Å². The molecule has 1 atom stereocenters. The summed E-state index contributed by atoms with van der Waals surface area (Å²) >= 11 is 0. The summed E-state index contributed by atoms with van der Waals surface area (Å²) in [5, 5.41) is 18.4. The number of rotatable bonds is 2. The lowest BCUT2D eigenvalue weighted by Gasteiger charge is -2.24. The van der Waals surface area contributed by atoms with Gasteiger partial charge in [-0.2, -0.15) is 9.61 Å². The third kappa shape index (κ3) is 2.35. The van der Waals surface area contributed by atoms with Crippen LogP contribution in [0.5, 0.6) is 0 Å². The number of nitrogens with zero attached hydrogens (tertiary/aromatic N) is 4. The van der Waals surface area contributed by atoms with Gasteiger partial charge in [0, 0.05) is 41.4 Å². The standard InChI is InChI=1S/C20H15N5O/c26-20-16(13-4-2-1-3-5-13)10-15-12-22-18-11-17(14-6-8-21-9-7-14)24-25(18)19(15)23-20/h1-12,20,23,26H. The Morgan fingerprint density at radius 2 is 1.81 bits per heavy atom. The second-order valence-electron chi connectivity index (χ2n) is 6.11. The molecule has 0 bridgehead atoms. The van der Waals surface area contributed by atoms with E-state index in [2.05, 4.69) is 20.4 Å². The molecule has 0 fully saturated rings. The van der Waals surface area contributed by atoms with E-state index in [1.54, 1.807) is 23.1 Å². The lowest BCUT2D eigenvalue weighted by Crippen LogP contribution is -2.26. The Hall–Kier alpha value is -3.51. The van der Waals surface area contributed by atoms with E-state index in [-0.39, 0.29) is 0 Å². The molecule has 1 aliphatic heterocycles. The molecule has 0 aliphatic carbocycles. The van der Waals surface area contributed by atoms with Crippen LogP contribution in [0.15, 0.2) is 67.1 Å². The van der Waals surface area contributed by atoms with Crippen LogP contribution in [-0.4, -0.2) is 30.9 Å². The number of benzene rings is 1. The predicted octanol–water partition coefficient (Wildman–Crippen LogP) is 3.08. The molecular formula is C20H15N5O. The SMILES string of the molecule is OC1Nc2c(cnc3cc(-c4ccncc4)nn23)C=C1c1ccccc1. The highest BCUT2D eigenvalue weighted by Crippen LogP contribution is 2.32. The number of anilines is 1. The molecule has 1 aromatic carbocycles. The van der Waals surface area contributed by atoms with Gasteiger partial charge in [-0.15, -0.1) is 0 Å². The van der Waals surface area contributed by atoms with Crippen LogP contribution in [0.4, 0.5) is 5.82 Å². The molecule has 4 aromatic rings. The molecule has 1 unspecified atom stereocenters. The molecule has 0 radical (unpaired) electrons. The average Bonchev–Trinajstić information content (AvgIpc) is 3.14. The third-order valence-electron chi connectivity index (χ3n) is 4.47. The van der Waals surface area contributed by atoms with Gasteiger partial charge in [-0.3, -0.25) is 4.98 Å². The van der Waals surface area contributed by atoms with Gasteiger partial charge < -0.3 is 10.4 Å². The quantitative estimate of drug-likeness (QED) is 0.586. The fourth-order valence-corrected chi connectivity index (χ4v) is 3.19. The fraction of sp³-hybridized carbons (Fsp3) is 0.0500. The van der Waals surface area contributed by atoms with Crippen LogP contribution >= 0.6 is 0 Å². The smallest absolute Gasteiger partial charge is 0.157 e. The molecule has 0 spiro atoms. The summed E-state index contributed by atoms with van der Waals surface area (Å²) in [5.41, 5.74) is 5.15. The van der Waals surface area contributed by atoms with Crippen molar-refractivity contribution in [2.45, 2.75) is 6.23 Å². The van der Waals surface area contributed by atoms with Crippen LogP contribution < -0.4 is 5.32 Å². The normalized spacial score (nSPS) is 16.0. The average molecular weight is 341 g/mol. The predicted molar refractivity (Wildman–Crippen MR) is 100 cm³/mol. The minimum Gasteiger partial charge on any atom is -0.369 e. The number of aromatic nitrogens is 4. The van der Waals surface area contributed by atoms with Crippen molar-refractivity contribution in [3.8, 4) is 11.3 Å². The number of aliphatic hydroxyl groups is 1. The summed E-state index contributed by atoms with van der Waals surface area (Å²) in [7, 11) is 0. The van der Waals surface area contributed by atoms with Crippen LogP contribution in [0.2, 0.25) is 0 Å². The highest BCUT2D eigenvalue weighted by atomic mass is 16.3. The molecule has 2 N–H and O–H groups in total. The number of aliphatic hydroxyl groups excluding tert-OH is 1. The van der Waals surface area contributed by atoms with E-state index in [1.165, 1.54) is 0 Å². The first-order chi connectivity index (χ1) is 12.8. The van der Waals surface area contributed by atoms with Crippen molar-refractivity contribution in [3.63, 3.8) is 0 Å². The molecule has 0 saturated carbocycles. The van der Waals surface area contributed by atoms with Crippen molar-refractivity contribution in [2.24, 2.45) is 0 Å². The second kappa shape index (κ2) is 5.79. The summed E-state index contributed by atoms with van der Waals surface area (Å²) < 4.78 is 1.73. The first kappa shape index (κ1) is 14.8. The number of fused-ring (bicyclic) bond motifs is 3. The Kier molecular flexibility index (Phi) is 3.29. The van der Waals surface area contributed by atoms with E-state index in [4.69, 9.17) is 0 Å². The Balaban J connectivity index is 1.65. The van der Waals surface area contributed by atoms with Crippen molar-refractivity contribution >= 4 is 23.1 Å². The molecule has 26 heavy (non-hydrogen) atoms. The van der Waals surface area contributed by atoms with E-state index in [1.807, 2.05) is 54.6 Å². The van der Waals surface area contributed by atoms with E-state index in [9.17, 15) is 5.11 Å². The van der Waals surface area contributed by atoms with Crippen molar-refractivity contribution in [1.29, 1.82) is 0 Å². The number of hydrogen-bond acceptors (Lipinski definition) is 5. The Morgan fingerprint density at radius 1 is 1.00 bits per heavy atom. The van der Waals surface area contributed by atoms with Gasteiger partial charge in [0.25, 0.3) is 0 Å². The van der Waals surface area contributed by atoms with E-state index < -0.39 is 6.23 Å². The van der Waals surface area contributed by atoms with Crippen molar-refractivity contribution < 1.29 is 5.11 Å². The van der Waals surface area contributed by atoms with Gasteiger partial charge >= 0.3 is 0 Å². The molecule has 0 saturated heterocycles. The topological polar surface area (TPSA) is 75.3 Å². The van der Waals surface area contributed by atoms with E-state index in [0.29, 0.717) is 5.65 Å².